The smallest absolute Gasteiger partial charge is 0.235 e. The topological polar surface area (TPSA) is 102 Å². The van der Waals surface area contributed by atoms with Crippen LogP contribution in [0.25, 0.3) is 5.69 Å². The zero-order chi connectivity index (χ0) is 23.5. The lowest BCUT2D eigenvalue weighted by Gasteiger charge is -2.12. The van der Waals surface area contributed by atoms with E-state index in [1.807, 2.05) is 73.2 Å². The molecule has 3 heterocycles. The third kappa shape index (κ3) is 4.56. The number of hydrogen-bond donors (Lipinski definition) is 1. The number of aryl methyl sites for hydroxylation is 2. The van der Waals surface area contributed by atoms with Crippen LogP contribution in [0.2, 0.25) is 0 Å². The van der Waals surface area contributed by atoms with Crippen LogP contribution in [-0.2, 0) is 11.3 Å². The molecule has 1 aromatic carbocycles. The Hall–Kier alpha value is -3.77. The third-order valence-electron chi connectivity index (χ3n) is 5.51. The van der Waals surface area contributed by atoms with Gasteiger partial charge in [0.25, 0.3) is 0 Å². The second-order valence-corrected chi connectivity index (χ2v) is 8.69. The van der Waals surface area contributed by atoms with Crippen molar-refractivity contribution in [3.05, 3.63) is 76.6 Å². The number of carbonyl (C=O) groups excluding carboxylic acids is 1. The number of rotatable bonds is 7. The van der Waals surface area contributed by atoms with Gasteiger partial charge in [0.15, 0.2) is 5.16 Å². The van der Waals surface area contributed by atoms with Crippen LogP contribution in [0.15, 0.2) is 52.2 Å². The summed E-state index contributed by atoms with van der Waals surface area (Å²) in [4.78, 5) is 12.9. The van der Waals surface area contributed by atoms with Gasteiger partial charge in [-0.2, -0.15) is 5.26 Å². The van der Waals surface area contributed by atoms with Crippen LogP contribution in [0.3, 0.4) is 0 Å². The number of carbonyl (C=O) groups is 1. The number of aromatic nitrogens is 4. The molecule has 0 saturated heterocycles. The van der Waals surface area contributed by atoms with E-state index >= 15 is 0 Å². The number of amides is 1. The summed E-state index contributed by atoms with van der Waals surface area (Å²) in [5, 5.41) is 21.7. The molecule has 33 heavy (non-hydrogen) atoms. The van der Waals surface area contributed by atoms with Crippen molar-refractivity contribution in [2.45, 2.75) is 39.4 Å². The van der Waals surface area contributed by atoms with E-state index in [9.17, 15) is 10.1 Å². The molecule has 0 aliphatic rings. The normalized spacial score (nSPS) is 10.9. The number of furan rings is 1. The summed E-state index contributed by atoms with van der Waals surface area (Å²) in [7, 11) is 0. The SMILES string of the molecule is Cc1ccc(-n2c(C)nnc2SCC(=O)Nc2c(C#N)c(C)c(C)n2Cc2ccco2)cc1. The van der Waals surface area contributed by atoms with E-state index in [2.05, 4.69) is 21.6 Å². The molecule has 1 amide bonds. The minimum atomic E-state index is -0.231. The number of nitrogens with one attached hydrogen (secondary N) is 1. The van der Waals surface area contributed by atoms with Crippen molar-refractivity contribution in [3.63, 3.8) is 0 Å². The number of nitriles is 1. The van der Waals surface area contributed by atoms with Gasteiger partial charge in [-0.05, 0) is 57.5 Å². The van der Waals surface area contributed by atoms with Gasteiger partial charge in [0, 0.05) is 11.4 Å². The molecule has 0 unspecified atom stereocenters. The molecular formula is C24H24N6O2S. The molecule has 8 nitrogen and oxygen atoms in total. The standard InChI is InChI=1S/C24H24N6O2S/c1-15-7-9-19(10-8-15)30-18(4)27-28-24(30)33-14-22(31)26-23-21(12-25)16(2)17(3)29(23)13-20-6-5-11-32-20/h5-11H,13-14H2,1-4H3,(H,26,31). The molecule has 1 N–H and O–H groups in total. The van der Waals surface area contributed by atoms with E-state index in [0.29, 0.717) is 23.1 Å². The van der Waals surface area contributed by atoms with Gasteiger partial charge in [-0.25, -0.2) is 0 Å². The van der Waals surface area contributed by atoms with Gasteiger partial charge in [0.05, 0.1) is 24.1 Å². The molecule has 4 aromatic rings. The first-order valence-corrected chi connectivity index (χ1v) is 11.4. The van der Waals surface area contributed by atoms with Crippen molar-refractivity contribution in [1.82, 2.24) is 19.3 Å². The van der Waals surface area contributed by atoms with Crippen LogP contribution in [0.5, 0.6) is 0 Å². The minimum Gasteiger partial charge on any atom is -0.467 e. The lowest BCUT2D eigenvalue weighted by Crippen LogP contribution is -2.19. The largest absolute Gasteiger partial charge is 0.467 e. The van der Waals surface area contributed by atoms with Gasteiger partial charge in [0.2, 0.25) is 5.91 Å². The first-order chi connectivity index (χ1) is 15.9. The van der Waals surface area contributed by atoms with Crippen LogP contribution >= 0.6 is 11.8 Å². The number of thioether (sulfide) groups is 1. The molecule has 0 radical (unpaired) electrons. The Morgan fingerprint density at radius 1 is 1.15 bits per heavy atom. The van der Waals surface area contributed by atoms with Crippen molar-refractivity contribution in [2.24, 2.45) is 0 Å². The summed E-state index contributed by atoms with van der Waals surface area (Å²) < 4.78 is 9.29. The van der Waals surface area contributed by atoms with E-state index in [1.165, 1.54) is 11.8 Å². The third-order valence-corrected chi connectivity index (χ3v) is 6.44. The van der Waals surface area contributed by atoms with Gasteiger partial charge in [-0.15, -0.1) is 10.2 Å². The highest BCUT2D eigenvalue weighted by atomic mass is 32.2. The molecule has 0 aliphatic carbocycles. The summed E-state index contributed by atoms with van der Waals surface area (Å²) in [6.07, 6.45) is 1.60. The minimum absolute atomic E-state index is 0.124. The molecule has 3 aromatic heterocycles. The van der Waals surface area contributed by atoms with E-state index in [0.717, 1.165) is 34.1 Å². The zero-order valence-electron chi connectivity index (χ0n) is 18.9. The summed E-state index contributed by atoms with van der Waals surface area (Å²) in [6, 6.07) is 14.0. The molecule has 9 heteroatoms. The molecule has 4 rings (SSSR count). The number of benzene rings is 1. The average molecular weight is 461 g/mol. The molecule has 0 aliphatic heterocycles. The van der Waals surface area contributed by atoms with Crippen LogP contribution < -0.4 is 5.32 Å². The number of nitrogens with zero attached hydrogens (tertiary/aromatic N) is 5. The maximum atomic E-state index is 12.9. The molecule has 0 atom stereocenters. The molecule has 0 bridgehead atoms. The Labute approximate surface area is 196 Å². The highest BCUT2D eigenvalue weighted by Crippen LogP contribution is 2.28. The van der Waals surface area contributed by atoms with Gasteiger partial charge < -0.3 is 14.3 Å². The Balaban J connectivity index is 1.53. The summed E-state index contributed by atoms with van der Waals surface area (Å²) in [5.41, 5.74) is 4.30. The van der Waals surface area contributed by atoms with Crippen LogP contribution in [0, 0.1) is 39.0 Å². The molecule has 0 spiro atoms. The van der Waals surface area contributed by atoms with Gasteiger partial charge >= 0.3 is 0 Å². The van der Waals surface area contributed by atoms with Crippen molar-refractivity contribution >= 4 is 23.5 Å². The molecule has 0 saturated carbocycles. The lowest BCUT2D eigenvalue weighted by molar-refractivity contribution is -0.113. The van der Waals surface area contributed by atoms with Crippen LogP contribution in [0.4, 0.5) is 5.82 Å². The quantitative estimate of drug-likeness (QED) is 0.406. The monoisotopic (exact) mass is 460 g/mol. The molecular weight excluding hydrogens is 436 g/mol. The summed E-state index contributed by atoms with van der Waals surface area (Å²) >= 11 is 1.30. The highest BCUT2D eigenvalue weighted by Gasteiger charge is 2.21. The fraction of sp³-hybridized carbons (Fsp3) is 0.250. The fourth-order valence-electron chi connectivity index (χ4n) is 3.61. The second kappa shape index (κ2) is 9.38. The second-order valence-electron chi connectivity index (χ2n) is 7.75. The van der Waals surface area contributed by atoms with E-state index in [4.69, 9.17) is 4.42 Å². The Morgan fingerprint density at radius 3 is 2.58 bits per heavy atom. The first kappa shape index (κ1) is 22.4. The Morgan fingerprint density at radius 2 is 1.91 bits per heavy atom. The van der Waals surface area contributed by atoms with E-state index in [-0.39, 0.29) is 11.7 Å². The first-order valence-electron chi connectivity index (χ1n) is 10.4. The van der Waals surface area contributed by atoms with Crippen molar-refractivity contribution in [2.75, 3.05) is 11.1 Å². The molecule has 168 valence electrons. The maximum Gasteiger partial charge on any atom is 0.235 e. The van der Waals surface area contributed by atoms with Crippen molar-refractivity contribution < 1.29 is 9.21 Å². The molecule has 0 fully saturated rings. The van der Waals surface area contributed by atoms with Crippen molar-refractivity contribution in [3.8, 4) is 11.8 Å². The fourth-order valence-corrected chi connectivity index (χ4v) is 4.41. The van der Waals surface area contributed by atoms with Crippen molar-refractivity contribution in [1.29, 1.82) is 5.26 Å². The predicted molar refractivity (Wildman–Crippen MR) is 127 cm³/mol. The van der Waals surface area contributed by atoms with Crippen LogP contribution in [-0.4, -0.2) is 31.0 Å². The van der Waals surface area contributed by atoms with E-state index < -0.39 is 0 Å². The number of hydrogen-bond acceptors (Lipinski definition) is 6. The Bertz CT molecular complexity index is 1330. The summed E-state index contributed by atoms with van der Waals surface area (Å²) in [6.45, 7) is 8.14. The lowest BCUT2D eigenvalue weighted by atomic mass is 10.2. The average Bonchev–Trinajstić information content (AvgIpc) is 3.50. The van der Waals surface area contributed by atoms with Gasteiger partial charge in [-0.1, -0.05) is 29.5 Å². The number of anilines is 1. The summed E-state index contributed by atoms with van der Waals surface area (Å²) in [5.74, 6) is 1.85. The zero-order valence-corrected chi connectivity index (χ0v) is 19.7. The predicted octanol–water partition coefficient (Wildman–Crippen LogP) is 4.55. The van der Waals surface area contributed by atoms with E-state index in [1.54, 1.807) is 6.26 Å². The maximum absolute atomic E-state index is 12.9. The van der Waals surface area contributed by atoms with Gasteiger partial charge in [0.1, 0.15) is 23.5 Å². The Kier molecular flexibility index (Phi) is 6.38. The van der Waals surface area contributed by atoms with Crippen LogP contribution in [0.1, 0.15) is 34.0 Å². The van der Waals surface area contributed by atoms with Gasteiger partial charge in [-0.3, -0.25) is 9.36 Å². The highest BCUT2D eigenvalue weighted by molar-refractivity contribution is 7.99.